The third-order valence-corrected chi connectivity index (χ3v) is 8.40. The Hall–Kier alpha value is -5.14. The molecule has 39 heavy (non-hydrogen) atoms. The van der Waals surface area contributed by atoms with E-state index in [9.17, 15) is 0 Å². The lowest BCUT2D eigenvalue weighted by Gasteiger charge is -2.24. The molecule has 0 fully saturated rings. The summed E-state index contributed by atoms with van der Waals surface area (Å²) < 4.78 is 6.62. The highest BCUT2D eigenvalue weighted by Crippen LogP contribution is 2.51. The molecule has 0 spiro atoms. The van der Waals surface area contributed by atoms with Crippen LogP contribution in [0.2, 0.25) is 0 Å². The zero-order chi connectivity index (χ0) is 25.5. The van der Waals surface area contributed by atoms with Crippen molar-refractivity contribution in [2.75, 3.05) is 0 Å². The van der Waals surface area contributed by atoms with Crippen molar-refractivity contribution in [3.63, 3.8) is 0 Å². The van der Waals surface area contributed by atoms with E-state index in [1.807, 2.05) is 0 Å². The summed E-state index contributed by atoms with van der Waals surface area (Å²) in [6, 6.07) is 48.5. The lowest BCUT2D eigenvalue weighted by molar-refractivity contribution is 0.493. The Kier molecular flexibility index (Phi) is 4.11. The van der Waals surface area contributed by atoms with Gasteiger partial charge in [-0.15, -0.1) is 0 Å². The number of benzene rings is 8. The van der Waals surface area contributed by atoms with Crippen molar-refractivity contribution in [1.29, 1.82) is 0 Å². The van der Waals surface area contributed by atoms with E-state index in [1.165, 1.54) is 65.2 Å². The van der Waals surface area contributed by atoms with E-state index in [4.69, 9.17) is 4.74 Å². The topological polar surface area (TPSA) is 9.23 Å². The molecule has 0 saturated heterocycles. The molecular formula is C38H22O. The second-order valence-electron chi connectivity index (χ2n) is 10.5. The molecule has 0 bridgehead atoms. The normalized spacial score (nSPS) is 12.3. The number of rotatable bonds is 1. The van der Waals surface area contributed by atoms with E-state index < -0.39 is 0 Å². The van der Waals surface area contributed by atoms with E-state index in [0.717, 1.165) is 22.4 Å². The molecule has 0 radical (unpaired) electrons. The van der Waals surface area contributed by atoms with E-state index in [-0.39, 0.29) is 0 Å². The molecule has 8 aromatic carbocycles. The molecule has 1 heterocycles. The van der Waals surface area contributed by atoms with Gasteiger partial charge in [0, 0.05) is 16.3 Å². The number of ether oxygens (including phenoxy) is 1. The van der Waals surface area contributed by atoms with Crippen LogP contribution in [0.3, 0.4) is 0 Å². The van der Waals surface area contributed by atoms with Crippen molar-refractivity contribution < 1.29 is 4.74 Å². The molecule has 0 N–H and O–H groups in total. The highest BCUT2D eigenvalue weighted by Gasteiger charge is 2.23. The number of hydrogen-bond donors (Lipinski definition) is 0. The third-order valence-electron chi connectivity index (χ3n) is 8.40. The van der Waals surface area contributed by atoms with Gasteiger partial charge in [0.2, 0.25) is 0 Å². The summed E-state index contributed by atoms with van der Waals surface area (Å²) in [6.45, 7) is 0. The predicted molar refractivity (Wildman–Crippen MR) is 165 cm³/mol. The highest BCUT2D eigenvalue weighted by molar-refractivity contribution is 6.15. The first-order valence-electron chi connectivity index (χ1n) is 13.4. The maximum absolute atomic E-state index is 6.62. The van der Waals surface area contributed by atoms with Gasteiger partial charge in [-0.05, 0) is 90.1 Å². The van der Waals surface area contributed by atoms with Gasteiger partial charge in [0.05, 0.1) is 0 Å². The van der Waals surface area contributed by atoms with Crippen LogP contribution >= 0.6 is 0 Å². The summed E-state index contributed by atoms with van der Waals surface area (Å²) in [5.74, 6) is 1.87. The van der Waals surface area contributed by atoms with Crippen molar-refractivity contribution in [3.8, 4) is 33.8 Å². The Morgan fingerprint density at radius 3 is 1.95 bits per heavy atom. The molecule has 0 unspecified atom stereocenters. The summed E-state index contributed by atoms with van der Waals surface area (Å²) in [5.41, 5.74) is 4.83. The second kappa shape index (κ2) is 7.69. The first kappa shape index (κ1) is 20.9. The van der Waals surface area contributed by atoms with Crippen LogP contribution < -0.4 is 4.74 Å². The average molecular weight is 495 g/mol. The molecule has 8 aromatic rings. The fourth-order valence-corrected chi connectivity index (χ4v) is 6.52. The SMILES string of the molecule is c1ccc2cc3c(ccc4ccc(-c5ccc6c7c(cccc57)-c5ccc7ccccc7c5O6)cc43)cc2c1. The highest BCUT2D eigenvalue weighted by atomic mass is 16.5. The maximum Gasteiger partial charge on any atom is 0.143 e. The van der Waals surface area contributed by atoms with Gasteiger partial charge in [-0.1, -0.05) is 103 Å². The van der Waals surface area contributed by atoms with Crippen LogP contribution in [-0.2, 0) is 0 Å². The minimum Gasteiger partial charge on any atom is -0.455 e. The smallest absolute Gasteiger partial charge is 0.143 e. The first-order valence-corrected chi connectivity index (χ1v) is 13.4. The van der Waals surface area contributed by atoms with Crippen LogP contribution in [0.25, 0.3) is 76.1 Å². The Bertz CT molecular complexity index is 2310. The average Bonchev–Trinajstić information content (AvgIpc) is 3.00. The lowest BCUT2D eigenvalue weighted by atomic mass is 9.88. The summed E-state index contributed by atoms with van der Waals surface area (Å²) in [6.07, 6.45) is 0. The van der Waals surface area contributed by atoms with Crippen molar-refractivity contribution in [2.24, 2.45) is 0 Å². The Morgan fingerprint density at radius 1 is 0.359 bits per heavy atom. The van der Waals surface area contributed by atoms with Crippen molar-refractivity contribution in [2.45, 2.75) is 0 Å². The quantitative estimate of drug-likeness (QED) is 0.163. The zero-order valence-electron chi connectivity index (χ0n) is 21.1. The number of hydrogen-bond acceptors (Lipinski definition) is 1. The summed E-state index contributed by atoms with van der Waals surface area (Å²) in [5, 5.41) is 12.4. The van der Waals surface area contributed by atoms with Gasteiger partial charge in [-0.3, -0.25) is 0 Å². The van der Waals surface area contributed by atoms with Gasteiger partial charge in [0.25, 0.3) is 0 Å². The molecule has 0 aromatic heterocycles. The fourth-order valence-electron chi connectivity index (χ4n) is 6.52. The van der Waals surface area contributed by atoms with Crippen LogP contribution in [0.1, 0.15) is 0 Å². The third kappa shape index (κ3) is 2.96. The largest absolute Gasteiger partial charge is 0.455 e. The fraction of sp³-hybridized carbons (Fsp3) is 0. The molecule has 0 saturated carbocycles. The minimum absolute atomic E-state index is 0.922. The molecule has 0 atom stereocenters. The van der Waals surface area contributed by atoms with Crippen LogP contribution in [-0.4, -0.2) is 0 Å². The van der Waals surface area contributed by atoms with Gasteiger partial charge in [0.15, 0.2) is 0 Å². The minimum atomic E-state index is 0.922. The Morgan fingerprint density at radius 2 is 1.03 bits per heavy atom. The van der Waals surface area contributed by atoms with Crippen molar-refractivity contribution in [3.05, 3.63) is 133 Å². The summed E-state index contributed by atoms with van der Waals surface area (Å²) in [4.78, 5) is 0. The second-order valence-corrected chi connectivity index (χ2v) is 10.5. The molecule has 1 aliphatic heterocycles. The summed E-state index contributed by atoms with van der Waals surface area (Å²) in [7, 11) is 0. The molecule has 1 aliphatic rings. The maximum atomic E-state index is 6.62. The molecule has 180 valence electrons. The molecule has 1 heteroatoms. The van der Waals surface area contributed by atoms with E-state index in [0.29, 0.717) is 0 Å². The van der Waals surface area contributed by atoms with E-state index in [2.05, 4.69) is 133 Å². The summed E-state index contributed by atoms with van der Waals surface area (Å²) >= 11 is 0. The Labute approximate surface area is 225 Å². The van der Waals surface area contributed by atoms with Gasteiger partial charge in [-0.2, -0.15) is 0 Å². The van der Waals surface area contributed by atoms with Gasteiger partial charge in [-0.25, -0.2) is 0 Å². The van der Waals surface area contributed by atoms with Crippen LogP contribution in [0, 0.1) is 0 Å². The molecule has 9 rings (SSSR count). The molecule has 0 aliphatic carbocycles. The predicted octanol–water partition coefficient (Wildman–Crippen LogP) is 10.9. The first-order chi connectivity index (χ1) is 19.3. The molecular weight excluding hydrogens is 472 g/mol. The van der Waals surface area contributed by atoms with E-state index in [1.54, 1.807) is 0 Å². The van der Waals surface area contributed by atoms with Gasteiger partial charge >= 0.3 is 0 Å². The van der Waals surface area contributed by atoms with Crippen LogP contribution in [0.15, 0.2) is 133 Å². The zero-order valence-corrected chi connectivity index (χ0v) is 21.1. The Balaban J connectivity index is 1.29. The number of fused-ring (bicyclic) bond motifs is 8. The van der Waals surface area contributed by atoms with Crippen molar-refractivity contribution in [1.82, 2.24) is 0 Å². The monoisotopic (exact) mass is 494 g/mol. The van der Waals surface area contributed by atoms with Gasteiger partial charge < -0.3 is 4.74 Å². The van der Waals surface area contributed by atoms with E-state index >= 15 is 0 Å². The molecule has 1 nitrogen and oxygen atoms in total. The standard InChI is InChI=1S/C38H22O/c1-2-8-26-21-35-27(20-25(26)7-1)14-12-24-13-15-28(22-34(24)35)29-18-19-36-37-31(29)10-5-11-32(37)33-17-16-23-6-3-4-9-30(23)38(33)39-36/h1-22H. The molecule has 0 amide bonds. The van der Waals surface area contributed by atoms with Crippen LogP contribution in [0.4, 0.5) is 0 Å². The van der Waals surface area contributed by atoms with Gasteiger partial charge in [0.1, 0.15) is 11.5 Å². The van der Waals surface area contributed by atoms with Crippen LogP contribution in [0.5, 0.6) is 11.5 Å². The lowest BCUT2D eigenvalue weighted by Crippen LogP contribution is -1.98. The van der Waals surface area contributed by atoms with Crippen molar-refractivity contribution >= 4 is 53.9 Å².